The molecular weight excluding hydrogens is 321 g/mol. The summed E-state index contributed by atoms with van der Waals surface area (Å²) in [5, 5.41) is 1.67. The molecule has 0 aromatic heterocycles. The molecule has 1 aromatic rings. The summed E-state index contributed by atoms with van der Waals surface area (Å²) in [5.41, 5.74) is 1.30. The second kappa shape index (κ2) is 7.10. The Bertz CT molecular complexity index is 642. The number of rotatable bonds is 6. The molecule has 0 radical (unpaired) electrons. The SMILES string of the molecule is Cc1ccc(C)c(S(=O)(=O)NCCC(=O)NCC(F)(F)F)c1. The van der Waals surface area contributed by atoms with Gasteiger partial charge < -0.3 is 5.32 Å². The first kappa shape index (κ1) is 18.4. The van der Waals surface area contributed by atoms with Crippen molar-refractivity contribution in [3.63, 3.8) is 0 Å². The number of carbonyl (C=O) groups is 1. The van der Waals surface area contributed by atoms with Crippen LogP contribution in [-0.2, 0) is 14.8 Å². The Morgan fingerprint density at radius 2 is 1.86 bits per heavy atom. The normalized spacial score (nSPS) is 12.2. The highest BCUT2D eigenvalue weighted by Gasteiger charge is 2.27. The molecule has 22 heavy (non-hydrogen) atoms. The van der Waals surface area contributed by atoms with E-state index in [9.17, 15) is 26.4 Å². The lowest BCUT2D eigenvalue weighted by molar-refractivity contribution is -0.138. The Labute approximate surface area is 127 Å². The van der Waals surface area contributed by atoms with Gasteiger partial charge in [-0.25, -0.2) is 13.1 Å². The predicted molar refractivity (Wildman–Crippen MR) is 74.8 cm³/mol. The van der Waals surface area contributed by atoms with E-state index in [1.807, 2.05) is 0 Å². The van der Waals surface area contributed by atoms with Crippen molar-refractivity contribution in [1.29, 1.82) is 0 Å². The molecule has 0 saturated carbocycles. The van der Waals surface area contributed by atoms with Crippen molar-refractivity contribution in [1.82, 2.24) is 10.0 Å². The van der Waals surface area contributed by atoms with Gasteiger partial charge >= 0.3 is 6.18 Å². The summed E-state index contributed by atoms with van der Waals surface area (Å²) >= 11 is 0. The minimum atomic E-state index is -4.49. The number of halogens is 3. The zero-order chi connectivity index (χ0) is 17.0. The van der Waals surface area contributed by atoms with Gasteiger partial charge in [-0.2, -0.15) is 13.2 Å². The van der Waals surface area contributed by atoms with Crippen LogP contribution in [0.25, 0.3) is 0 Å². The molecule has 5 nitrogen and oxygen atoms in total. The van der Waals surface area contributed by atoms with E-state index in [2.05, 4.69) is 4.72 Å². The molecule has 0 aliphatic heterocycles. The van der Waals surface area contributed by atoms with Crippen LogP contribution in [-0.4, -0.2) is 33.6 Å². The Morgan fingerprint density at radius 3 is 2.45 bits per heavy atom. The van der Waals surface area contributed by atoms with Crippen molar-refractivity contribution in [2.45, 2.75) is 31.3 Å². The van der Waals surface area contributed by atoms with E-state index in [0.717, 1.165) is 5.56 Å². The number of benzene rings is 1. The largest absolute Gasteiger partial charge is 0.405 e. The number of alkyl halides is 3. The summed E-state index contributed by atoms with van der Waals surface area (Å²) in [6.07, 6.45) is -4.87. The fourth-order valence-electron chi connectivity index (χ4n) is 1.66. The molecule has 0 aliphatic rings. The average Bonchev–Trinajstić information content (AvgIpc) is 2.38. The molecule has 1 rings (SSSR count). The fraction of sp³-hybridized carbons (Fsp3) is 0.462. The molecular formula is C13H17F3N2O3S. The quantitative estimate of drug-likeness (QED) is 0.828. The third-order valence-electron chi connectivity index (χ3n) is 2.76. The van der Waals surface area contributed by atoms with Gasteiger partial charge in [-0.15, -0.1) is 0 Å². The van der Waals surface area contributed by atoms with Crippen LogP contribution in [0.1, 0.15) is 17.5 Å². The lowest BCUT2D eigenvalue weighted by atomic mass is 10.2. The van der Waals surface area contributed by atoms with Crippen LogP contribution in [0.3, 0.4) is 0 Å². The van der Waals surface area contributed by atoms with Crippen LogP contribution in [0, 0.1) is 13.8 Å². The Balaban J connectivity index is 2.57. The van der Waals surface area contributed by atoms with E-state index >= 15 is 0 Å². The lowest BCUT2D eigenvalue weighted by Gasteiger charge is -2.11. The molecule has 0 aliphatic carbocycles. The average molecular weight is 338 g/mol. The molecule has 0 unspecified atom stereocenters. The first-order chi connectivity index (χ1) is 10.0. The summed E-state index contributed by atoms with van der Waals surface area (Å²) in [6.45, 7) is 1.65. The number of amides is 1. The standard InChI is InChI=1S/C13H17F3N2O3S/c1-9-3-4-10(2)11(7-9)22(20,21)18-6-5-12(19)17-8-13(14,15)16/h3-4,7,18H,5-6,8H2,1-2H3,(H,17,19). The fourth-order valence-corrected chi connectivity index (χ4v) is 3.02. The molecule has 0 fully saturated rings. The zero-order valence-corrected chi connectivity index (χ0v) is 12.9. The highest BCUT2D eigenvalue weighted by molar-refractivity contribution is 7.89. The number of hydrogen-bond donors (Lipinski definition) is 2. The van der Waals surface area contributed by atoms with Gasteiger partial charge in [-0.05, 0) is 31.0 Å². The maximum atomic E-state index is 12.1. The van der Waals surface area contributed by atoms with Crippen molar-refractivity contribution in [3.05, 3.63) is 29.3 Å². The number of nitrogens with one attached hydrogen (secondary N) is 2. The molecule has 0 saturated heterocycles. The summed E-state index contributed by atoms with van der Waals surface area (Å²) in [4.78, 5) is 11.3. The molecule has 1 amide bonds. The van der Waals surface area contributed by atoms with Crippen LogP contribution in [0.2, 0.25) is 0 Å². The van der Waals surface area contributed by atoms with E-state index in [0.29, 0.717) is 5.56 Å². The van der Waals surface area contributed by atoms with Gasteiger partial charge in [0.2, 0.25) is 15.9 Å². The minimum absolute atomic E-state index is 0.0863. The number of carbonyl (C=O) groups excluding carboxylic acids is 1. The van der Waals surface area contributed by atoms with E-state index in [1.165, 1.54) is 6.07 Å². The first-order valence-corrected chi connectivity index (χ1v) is 7.90. The van der Waals surface area contributed by atoms with Crippen molar-refractivity contribution in [2.75, 3.05) is 13.1 Å². The van der Waals surface area contributed by atoms with Crippen LogP contribution in [0.4, 0.5) is 13.2 Å². The summed E-state index contributed by atoms with van der Waals surface area (Å²) in [7, 11) is -3.80. The second-order valence-corrected chi connectivity index (χ2v) is 6.54. The van der Waals surface area contributed by atoms with Gasteiger partial charge in [-0.1, -0.05) is 12.1 Å². The topological polar surface area (TPSA) is 75.3 Å². The van der Waals surface area contributed by atoms with E-state index in [4.69, 9.17) is 0 Å². The second-order valence-electron chi connectivity index (χ2n) is 4.81. The molecule has 124 valence electrons. The van der Waals surface area contributed by atoms with E-state index in [1.54, 1.807) is 31.3 Å². The molecule has 2 N–H and O–H groups in total. The van der Waals surface area contributed by atoms with E-state index in [-0.39, 0.29) is 17.9 Å². The molecule has 0 atom stereocenters. The van der Waals surface area contributed by atoms with Crippen LogP contribution >= 0.6 is 0 Å². The number of sulfonamides is 1. The highest BCUT2D eigenvalue weighted by Crippen LogP contribution is 2.16. The highest BCUT2D eigenvalue weighted by atomic mass is 32.2. The van der Waals surface area contributed by atoms with Gasteiger partial charge in [-0.3, -0.25) is 4.79 Å². The summed E-state index contributed by atoms with van der Waals surface area (Å²) in [6, 6.07) is 4.90. The molecule has 0 spiro atoms. The lowest BCUT2D eigenvalue weighted by Crippen LogP contribution is -2.36. The molecule has 0 heterocycles. The van der Waals surface area contributed by atoms with Crippen molar-refractivity contribution >= 4 is 15.9 Å². The predicted octanol–water partition coefficient (Wildman–Crippen LogP) is 1.65. The smallest absolute Gasteiger partial charge is 0.347 e. The summed E-state index contributed by atoms with van der Waals surface area (Å²) in [5.74, 6) is -0.874. The van der Waals surface area contributed by atoms with Gasteiger partial charge in [0.1, 0.15) is 6.54 Å². The van der Waals surface area contributed by atoms with Crippen molar-refractivity contribution in [3.8, 4) is 0 Å². The van der Waals surface area contributed by atoms with Crippen LogP contribution in [0.5, 0.6) is 0 Å². The third kappa shape index (κ3) is 6.02. The number of hydrogen-bond acceptors (Lipinski definition) is 3. The van der Waals surface area contributed by atoms with E-state index < -0.39 is 28.7 Å². The van der Waals surface area contributed by atoms with Crippen LogP contribution in [0.15, 0.2) is 23.1 Å². The maximum Gasteiger partial charge on any atom is 0.405 e. The Kier molecular flexibility index (Phi) is 5.95. The number of aryl methyl sites for hydroxylation is 2. The zero-order valence-electron chi connectivity index (χ0n) is 12.1. The Morgan fingerprint density at radius 1 is 1.23 bits per heavy atom. The first-order valence-electron chi connectivity index (χ1n) is 6.41. The summed E-state index contributed by atoms with van der Waals surface area (Å²) < 4.78 is 62.1. The van der Waals surface area contributed by atoms with Crippen LogP contribution < -0.4 is 10.0 Å². The van der Waals surface area contributed by atoms with Gasteiger partial charge in [0.15, 0.2) is 0 Å². The Hall–Kier alpha value is -1.61. The molecule has 9 heteroatoms. The monoisotopic (exact) mass is 338 g/mol. The maximum absolute atomic E-state index is 12.1. The van der Waals surface area contributed by atoms with Gasteiger partial charge in [0.25, 0.3) is 0 Å². The minimum Gasteiger partial charge on any atom is -0.347 e. The van der Waals surface area contributed by atoms with Crippen molar-refractivity contribution in [2.24, 2.45) is 0 Å². The molecule has 0 bridgehead atoms. The third-order valence-corrected chi connectivity index (χ3v) is 4.37. The molecule has 1 aromatic carbocycles. The van der Waals surface area contributed by atoms with Crippen molar-refractivity contribution < 1.29 is 26.4 Å². The van der Waals surface area contributed by atoms with Gasteiger partial charge in [0.05, 0.1) is 4.90 Å². The van der Waals surface area contributed by atoms with Gasteiger partial charge in [0, 0.05) is 13.0 Å².